The highest BCUT2D eigenvalue weighted by Gasteiger charge is 2.17. The van der Waals surface area contributed by atoms with Crippen molar-refractivity contribution in [2.45, 2.75) is 6.54 Å². The Morgan fingerprint density at radius 3 is 2.69 bits per heavy atom. The Kier molecular flexibility index (Phi) is 5.15. The Bertz CT molecular complexity index is 990. The van der Waals surface area contributed by atoms with Gasteiger partial charge in [-0.15, -0.1) is 0 Å². The van der Waals surface area contributed by atoms with Crippen molar-refractivity contribution >= 4 is 34.8 Å². The van der Waals surface area contributed by atoms with Gasteiger partial charge in [0.2, 0.25) is 11.7 Å². The van der Waals surface area contributed by atoms with Gasteiger partial charge in [-0.05, 0) is 18.2 Å². The topological polar surface area (TPSA) is 111 Å². The van der Waals surface area contributed by atoms with E-state index >= 15 is 0 Å². The molecule has 10 heteroatoms. The fraction of sp³-hybridized carbons (Fsp3) is 0.0625. The van der Waals surface area contributed by atoms with Gasteiger partial charge in [-0.1, -0.05) is 40.5 Å². The summed E-state index contributed by atoms with van der Waals surface area (Å²) in [5.41, 5.74) is 0.335. The van der Waals surface area contributed by atoms with E-state index in [4.69, 9.17) is 27.7 Å². The van der Waals surface area contributed by atoms with Crippen molar-refractivity contribution in [1.82, 2.24) is 15.5 Å². The molecule has 0 atom stereocenters. The van der Waals surface area contributed by atoms with Gasteiger partial charge < -0.3 is 9.84 Å². The second kappa shape index (κ2) is 7.51. The summed E-state index contributed by atoms with van der Waals surface area (Å²) in [4.78, 5) is 26.6. The lowest BCUT2D eigenvalue weighted by Crippen LogP contribution is -2.23. The maximum absolute atomic E-state index is 12.2. The fourth-order valence-electron chi connectivity index (χ4n) is 2.13. The number of nitro groups is 1. The van der Waals surface area contributed by atoms with E-state index in [1.165, 1.54) is 12.1 Å². The van der Waals surface area contributed by atoms with Crippen LogP contribution in [-0.2, 0) is 6.54 Å². The number of nitro benzene ring substituents is 1. The number of halogens is 2. The average Bonchev–Trinajstić information content (AvgIpc) is 3.09. The van der Waals surface area contributed by atoms with E-state index in [-0.39, 0.29) is 34.5 Å². The van der Waals surface area contributed by atoms with E-state index in [0.717, 1.165) is 6.07 Å². The molecular weight excluding hydrogens is 383 g/mol. The van der Waals surface area contributed by atoms with Crippen molar-refractivity contribution in [2.75, 3.05) is 0 Å². The van der Waals surface area contributed by atoms with Gasteiger partial charge >= 0.3 is 0 Å². The molecule has 132 valence electrons. The minimum Gasteiger partial charge on any atom is -0.343 e. The molecule has 3 aromatic rings. The molecule has 8 nitrogen and oxygen atoms in total. The van der Waals surface area contributed by atoms with Crippen LogP contribution in [0.1, 0.15) is 16.2 Å². The summed E-state index contributed by atoms with van der Waals surface area (Å²) < 4.78 is 5.08. The number of carbonyl (C=O) groups is 1. The smallest absolute Gasteiger partial charge is 0.270 e. The summed E-state index contributed by atoms with van der Waals surface area (Å²) >= 11 is 12.0. The van der Waals surface area contributed by atoms with Gasteiger partial charge in [0.1, 0.15) is 0 Å². The molecule has 2 aromatic carbocycles. The predicted octanol–water partition coefficient (Wildman–Crippen LogP) is 3.88. The van der Waals surface area contributed by atoms with E-state index in [0.29, 0.717) is 10.6 Å². The van der Waals surface area contributed by atoms with Crippen molar-refractivity contribution in [3.8, 4) is 11.4 Å². The number of nitrogens with one attached hydrogen (secondary N) is 1. The molecule has 0 bridgehead atoms. The van der Waals surface area contributed by atoms with Gasteiger partial charge in [-0.3, -0.25) is 14.9 Å². The summed E-state index contributed by atoms with van der Waals surface area (Å²) in [6.07, 6.45) is 0. The van der Waals surface area contributed by atoms with Crippen LogP contribution in [0.3, 0.4) is 0 Å². The molecule has 0 aliphatic rings. The van der Waals surface area contributed by atoms with Crippen molar-refractivity contribution in [1.29, 1.82) is 0 Å². The first-order valence-electron chi connectivity index (χ1n) is 7.25. The first kappa shape index (κ1) is 17.8. The van der Waals surface area contributed by atoms with Crippen LogP contribution in [-0.4, -0.2) is 21.0 Å². The lowest BCUT2D eigenvalue weighted by Gasteiger charge is -2.04. The molecule has 0 spiro atoms. The number of amides is 1. The number of hydrogen-bond acceptors (Lipinski definition) is 6. The number of non-ortho nitro benzene ring substituents is 1. The maximum atomic E-state index is 12.2. The van der Waals surface area contributed by atoms with E-state index in [1.54, 1.807) is 24.3 Å². The van der Waals surface area contributed by atoms with Crippen LogP contribution >= 0.6 is 23.2 Å². The van der Waals surface area contributed by atoms with E-state index in [1.807, 2.05) is 0 Å². The van der Waals surface area contributed by atoms with Crippen molar-refractivity contribution < 1.29 is 14.2 Å². The number of aromatic nitrogens is 2. The van der Waals surface area contributed by atoms with E-state index in [2.05, 4.69) is 15.5 Å². The molecule has 0 unspecified atom stereocenters. The highest BCUT2D eigenvalue weighted by atomic mass is 35.5. The molecule has 0 aliphatic heterocycles. The second-order valence-corrected chi connectivity index (χ2v) is 5.91. The largest absolute Gasteiger partial charge is 0.343 e. The molecule has 1 aromatic heterocycles. The maximum Gasteiger partial charge on any atom is 0.270 e. The third-order valence-electron chi connectivity index (χ3n) is 3.39. The molecule has 26 heavy (non-hydrogen) atoms. The van der Waals surface area contributed by atoms with Crippen LogP contribution in [0.5, 0.6) is 0 Å². The van der Waals surface area contributed by atoms with E-state index < -0.39 is 10.8 Å². The van der Waals surface area contributed by atoms with Gasteiger partial charge in [0.05, 0.1) is 27.1 Å². The summed E-state index contributed by atoms with van der Waals surface area (Å²) in [6, 6.07) is 10.6. The summed E-state index contributed by atoms with van der Waals surface area (Å²) in [5.74, 6) is -0.167. The zero-order valence-electron chi connectivity index (χ0n) is 13.0. The van der Waals surface area contributed by atoms with Crippen LogP contribution in [0.4, 0.5) is 5.69 Å². The molecule has 0 radical (unpaired) electrons. The van der Waals surface area contributed by atoms with Gasteiger partial charge in [-0.2, -0.15) is 4.98 Å². The monoisotopic (exact) mass is 392 g/mol. The Morgan fingerprint density at radius 1 is 1.19 bits per heavy atom. The number of carbonyl (C=O) groups excluding carboxylic acids is 1. The summed E-state index contributed by atoms with van der Waals surface area (Å²) in [7, 11) is 0. The Balaban J connectivity index is 1.72. The quantitative estimate of drug-likeness (QED) is 0.520. The van der Waals surface area contributed by atoms with Crippen LogP contribution in [0.15, 0.2) is 47.0 Å². The third-order valence-corrected chi connectivity index (χ3v) is 4.05. The minimum absolute atomic E-state index is 0.0216. The Hall–Kier alpha value is -2.97. The van der Waals surface area contributed by atoms with Crippen molar-refractivity contribution in [3.05, 3.63) is 74.1 Å². The molecule has 1 N–H and O–H groups in total. The standard InChI is InChI=1S/C16H10Cl2N4O4/c17-12-4-2-1-3-10(12)15-20-14(26-21-15)8-19-16(23)11-7-9(22(24)25)5-6-13(11)18/h1-7H,8H2,(H,19,23). The Labute approximate surface area is 156 Å². The fourth-order valence-corrected chi connectivity index (χ4v) is 2.55. The molecule has 1 heterocycles. The SMILES string of the molecule is O=C(NCc1nc(-c2ccccc2Cl)no1)c1cc([N+](=O)[O-])ccc1Cl. The van der Waals surface area contributed by atoms with Gasteiger partial charge in [0.25, 0.3) is 11.6 Å². The zero-order valence-corrected chi connectivity index (χ0v) is 14.5. The lowest BCUT2D eigenvalue weighted by atomic mass is 10.2. The average molecular weight is 393 g/mol. The van der Waals surface area contributed by atoms with E-state index in [9.17, 15) is 14.9 Å². The summed E-state index contributed by atoms with van der Waals surface area (Å²) in [5, 5.41) is 17.7. The second-order valence-electron chi connectivity index (χ2n) is 5.10. The van der Waals surface area contributed by atoms with Gasteiger partial charge in [-0.25, -0.2) is 0 Å². The molecule has 0 aliphatic carbocycles. The van der Waals surface area contributed by atoms with Crippen molar-refractivity contribution in [2.24, 2.45) is 0 Å². The van der Waals surface area contributed by atoms with Crippen LogP contribution in [0.25, 0.3) is 11.4 Å². The number of nitrogens with zero attached hydrogens (tertiary/aromatic N) is 3. The molecule has 0 saturated carbocycles. The number of hydrogen-bond donors (Lipinski definition) is 1. The molecular formula is C16H10Cl2N4O4. The number of benzene rings is 2. The first-order valence-corrected chi connectivity index (χ1v) is 8.01. The first-order chi connectivity index (χ1) is 12.5. The van der Waals surface area contributed by atoms with Gasteiger partial charge in [0.15, 0.2) is 0 Å². The highest BCUT2D eigenvalue weighted by Crippen LogP contribution is 2.25. The zero-order chi connectivity index (χ0) is 18.7. The van der Waals surface area contributed by atoms with Crippen molar-refractivity contribution in [3.63, 3.8) is 0 Å². The predicted molar refractivity (Wildman–Crippen MR) is 94.0 cm³/mol. The van der Waals surface area contributed by atoms with Crippen LogP contribution in [0.2, 0.25) is 10.0 Å². The number of rotatable bonds is 5. The molecule has 0 saturated heterocycles. The third kappa shape index (κ3) is 3.81. The van der Waals surface area contributed by atoms with Crippen LogP contribution in [0, 0.1) is 10.1 Å². The Morgan fingerprint density at radius 2 is 1.96 bits per heavy atom. The normalized spacial score (nSPS) is 10.5. The summed E-state index contributed by atoms with van der Waals surface area (Å²) in [6.45, 7) is -0.0741. The molecule has 1 amide bonds. The lowest BCUT2D eigenvalue weighted by molar-refractivity contribution is -0.384. The highest BCUT2D eigenvalue weighted by molar-refractivity contribution is 6.34. The molecule has 3 rings (SSSR count). The molecule has 0 fully saturated rings. The van der Waals surface area contributed by atoms with Crippen LogP contribution < -0.4 is 5.32 Å². The van der Waals surface area contributed by atoms with Gasteiger partial charge in [0, 0.05) is 17.7 Å². The minimum atomic E-state index is -0.610.